The maximum atomic E-state index is 13.7. The lowest BCUT2D eigenvalue weighted by molar-refractivity contribution is 0.640. The van der Waals surface area contributed by atoms with Crippen molar-refractivity contribution in [1.82, 2.24) is 9.36 Å². The second-order valence-corrected chi connectivity index (χ2v) is 5.23. The summed E-state index contributed by atoms with van der Waals surface area (Å²) in [5, 5.41) is 2.32. The minimum absolute atomic E-state index is 0.205. The topological polar surface area (TPSA) is 25.8 Å². The van der Waals surface area contributed by atoms with Gasteiger partial charge in [-0.25, -0.2) is 9.37 Å². The van der Waals surface area contributed by atoms with Crippen molar-refractivity contribution < 1.29 is 4.39 Å². The molecule has 5 heteroatoms. The molecule has 0 unspecified atom stereocenters. The Morgan fingerprint density at radius 2 is 1.82 bits per heavy atom. The third kappa shape index (κ3) is 1.93. The minimum Gasteiger partial charge on any atom is -0.210 e. The van der Waals surface area contributed by atoms with Crippen molar-refractivity contribution in [2.45, 2.75) is 0 Å². The SMILES string of the molecule is Fc1ccc(-c2nc(I)ns2)c2ccccc12. The Morgan fingerprint density at radius 1 is 1.06 bits per heavy atom. The highest BCUT2D eigenvalue weighted by Crippen LogP contribution is 2.31. The molecule has 0 saturated carbocycles. The van der Waals surface area contributed by atoms with E-state index in [2.05, 4.69) is 31.9 Å². The molecule has 0 aliphatic carbocycles. The Bertz CT molecular complexity index is 696. The van der Waals surface area contributed by atoms with Crippen molar-refractivity contribution in [1.29, 1.82) is 0 Å². The minimum atomic E-state index is -0.205. The van der Waals surface area contributed by atoms with Crippen molar-refractivity contribution in [3.63, 3.8) is 0 Å². The summed E-state index contributed by atoms with van der Waals surface area (Å²) >= 11 is 3.40. The maximum absolute atomic E-state index is 13.7. The zero-order valence-electron chi connectivity index (χ0n) is 8.52. The van der Waals surface area contributed by atoms with Crippen LogP contribution in [0.25, 0.3) is 21.3 Å². The van der Waals surface area contributed by atoms with Crippen molar-refractivity contribution >= 4 is 44.9 Å². The lowest BCUT2D eigenvalue weighted by Gasteiger charge is -2.03. The van der Waals surface area contributed by atoms with E-state index >= 15 is 0 Å². The summed E-state index contributed by atoms with van der Waals surface area (Å²) in [5.74, 6) is -0.205. The van der Waals surface area contributed by atoms with Crippen molar-refractivity contribution in [3.05, 3.63) is 46.0 Å². The number of halogens is 2. The van der Waals surface area contributed by atoms with Crippen molar-refractivity contribution in [2.75, 3.05) is 0 Å². The summed E-state index contributed by atoms with van der Waals surface area (Å²) in [5.41, 5.74) is 0.933. The molecule has 3 rings (SSSR count). The van der Waals surface area contributed by atoms with Crippen LogP contribution in [0.1, 0.15) is 0 Å². The van der Waals surface area contributed by atoms with E-state index in [0.29, 0.717) is 5.39 Å². The third-order valence-corrected chi connectivity index (χ3v) is 4.06. The number of rotatable bonds is 1. The predicted molar refractivity (Wildman–Crippen MR) is 75.5 cm³/mol. The summed E-state index contributed by atoms with van der Waals surface area (Å²) in [4.78, 5) is 4.33. The Morgan fingerprint density at radius 3 is 2.53 bits per heavy atom. The molecule has 1 heterocycles. The molecule has 2 aromatic carbocycles. The molecule has 17 heavy (non-hydrogen) atoms. The fourth-order valence-electron chi connectivity index (χ4n) is 1.76. The molecular formula is C12H6FIN2S. The van der Waals surface area contributed by atoms with Gasteiger partial charge in [-0.3, -0.25) is 0 Å². The zero-order chi connectivity index (χ0) is 11.8. The second-order valence-electron chi connectivity index (χ2n) is 3.51. The predicted octanol–water partition coefficient (Wildman–Crippen LogP) is 4.10. The molecule has 84 valence electrons. The summed E-state index contributed by atoms with van der Waals surface area (Å²) in [7, 11) is 0. The van der Waals surface area contributed by atoms with Crippen molar-refractivity contribution in [3.8, 4) is 10.6 Å². The van der Waals surface area contributed by atoms with Gasteiger partial charge in [0.25, 0.3) is 0 Å². The van der Waals surface area contributed by atoms with E-state index in [1.807, 2.05) is 18.2 Å². The van der Waals surface area contributed by atoms with Crippen LogP contribution in [0.5, 0.6) is 0 Å². The lowest BCUT2D eigenvalue weighted by atomic mass is 10.0. The van der Waals surface area contributed by atoms with Gasteiger partial charge >= 0.3 is 0 Å². The van der Waals surface area contributed by atoms with E-state index < -0.39 is 0 Å². The van der Waals surface area contributed by atoms with Gasteiger partial charge in [0.05, 0.1) is 0 Å². The van der Waals surface area contributed by atoms with Gasteiger partial charge in [0.2, 0.25) is 3.83 Å². The number of fused-ring (bicyclic) bond motifs is 1. The molecule has 3 aromatic rings. The lowest BCUT2D eigenvalue weighted by Crippen LogP contribution is -1.84. The van der Waals surface area contributed by atoms with Crippen LogP contribution < -0.4 is 0 Å². The molecule has 0 radical (unpaired) electrons. The smallest absolute Gasteiger partial charge is 0.203 e. The molecule has 0 amide bonds. The monoisotopic (exact) mass is 356 g/mol. The molecular weight excluding hydrogens is 350 g/mol. The van der Waals surface area contributed by atoms with Gasteiger partial charge in [0, 0.05) is 33.5 Å². The molecule has 0 bridgehead atoms. The summed E-state index contributed by atoms with van der Waals surface area (Å²) in [6.07, 6.45) is 0. The van der Waals surface area contributed by atoms with Crippen LogP contribution >= 0.6 is 34.1 Å². The number of aromatic nitrogens is 2. The molecule has 0 aliphatic heterocycles. The molecule has 0 atom stereocenters. The number of hydrogen-bond donors (Lipinski definition) is 0. The highest BCUT2D eigenvalue weighted by Gasteiger charge is 2.10. The van der Waals surface area contributed by atoms with Crippen LogP contribution in [0.3, 0.4) is 0 Å². The Balaban J connectivity index is 2.34. The van der Waals surface area contributed by atoms with Crippen LogP contribution in [0.2, 0.25) is 0 Å². The van der Waals surface area contributed by atoms with E-state index in [0.717, 1.165) is 19.8 Å². The van der Waals surface area contributed by atoms with Gasteiger partial charge in [0.15, 0.2) is 0 Å². The van der Waals surface area contributed by atoms with Gasteiger partial charge < -0.3 is 0 Å². The van der Waals surface area contributed by atoms with Gasteiger partial charge in [-0.05, 0) is 29.1 Å². The first-order valence-corrected chi connectivity index (χ1v) is 6.78. The molecule has 0 saturated heterocycles. The normalized spacial score (nSPS) is 10.9. The fraction of sp³-hybridized carbons (Fsp3) is 0. The average Bonchev–Trinajstić information content (AvgIpc) is 2.77. The van der Waals surface area contributed by atoms with E-state index in [1.54, 1.807) is 12.1 Å². The molecule has 0 spiro atoms. The Labute approximate surface area is 115 Å². The van der Waals surface area contributed by atoms with Gasteiger partial charge in [-0.2, -0.15) is 4.37 Å². The van der Waals surface area contributed by atoms with E-state index in [9.17, 15) is 4.39 Å². The molecule has 0 N–H and O–H groups in total. The first-order chi connectivity index (χ1) is 8.25. The summed E-state index contributed by atoms with van der Waals surface area (Å²) < 4.78 is 18.5. The van der Waals surface area contributed by atoms with Crippen LogP contribution in [0.4, 0.5) is 4.39 Å². The third-order valence-electron chi connectivity index (χ3n) is 2.50. The summed E-state index contributed by atoms with van der Waals surface area (Å²) in [6, 6.07) is 10.7. The maximum Gasteiger partial charge on any atom is 0.203 e. The molecule has 2 nitrogen and oxygen atoms in total. The van der Waals surface area contributed by atoms with Crippen molar-refractivity contribution in [2.24, 2.45) is 0 Å². The average molecular weight is 356 g/mol. The quantitative estimate of drug-likeness (QED) is 0.614. The number of benzene rings is 2. The van der Waals surface area contributed by atoms with Gasteiger partial charge in [-0.1, -0.05) is 24.3 Å². The van der Waals surface area contributed by atoms with E-state index in [4.69, 9.17) is 0 Å². The van der Waals surface area contributed by atoms with E-state index in [-0.39, 0.29) is 5.82 Å². The Kier molecular flexibility index (Phi) is 2.79. The largest absolute Gasteiger partial charge is 0.210 e. The standard InChI is InChI=1S/C12H6FIN2S/c13-10-6-5-9(11-15-12(14)16-17-11)7-3-1-2-4-8(7)10/h1-6H. The first-order valence-electron chi connectivity index (χ1n) is 4.92. The van der Waals surface area contributed by atoms with Crippen LogP contribution in [0, 0.1) is 9.65 Å². The van der Waals surface area contributed by atoms with Crippen LogP contribution in [-0.4, -0.2) is 9.36 Å². The van der Waals surface area contributed by atoms with Crippen LogP contribution in [-0.2, 0) is 0 Å². The van der Waals surface area contributed by atoms with E-state index in [1.165, 1.54) is 17.6 Å². The highest BCUT2D eigenvalue weighted by atomic mass is 127. The molecule has 0 aliphatic rings. The number of nitrogens with zero attached hydrogens (tertiary/aromatic N) is 2. The Hall–Kier alpha value is -1.08. The zero-order valence-corrected chi connectivity index (χ0v) is 11.5. The van der Waals surface area contributed by atoms with Crippen LogP contribution in [0.15, 0.2) is 36.4 Å². The number of hydrogen-bond acceptors (Lipinski definition) is 3. The highest BCUT2D eigenvalue weighted by molar-refractivity contribution is 14.1. The molecule has 1 aromatic heterocycles. The van der Waals surface area contributed by atoms with Gasteiger partial charge in [0.1, 0.15) is 10.8 Å². The fourth-order valence-corrected chi connectivity index (χ4v) is 3.07. The summed E-state index contributed by atoms with van der Waals surface area (Å²) in [6.45, 7) is 0. The van der Waals surface area contributed by atoms with Gasteiger partial charge in [-0.15, -0.1) is 0 Å². The second kappa shape index (κ2) is 4.30. The first kappa shape index (κ1) is 11.0. The molecule has 0 fully saturated rings.